The highest BCUT2D eigenvalue weighted by molar-refractivity contribution is 6.63. The molecule has 0 aliphatic carbocycles. The molecule has 0 saturated carbocycles. The summed E-state index contributed by atoms with van der Waals surface area (Å²) < 4.78 is 12.5. The minimum absolute atomic E-state index is 0.417. The van der Waals surface area contributed by atoms with Gasteiger partial charge in [0.05, 0.1) is 0 Å². The summed E-state index contributed by atoms with van der Waals surface area (Å²) >= 11 is 0. The van der Waals surface area contributed by atoms with Gasteiger partial charge < -0.3 is 8.85 Å². The molecule has 0 atom stereocenters. The SMILES string of the molecule is CC(C)c1ccccc1[Si](Oc1ccccc1)Oc1ccccc1. The lowest BCUT2D eigenvalue weighted by Crippen LogP contribution is -2.44. The molecule has 121 valence electrons. The smallest absolute Gasteiger partial charge is 0.507 e. The van der Waals surface area contributed by atoms with E-state index >= 15 is 0 Å². The van der Waals surface area contributed by atoms with Crippen LogP contribution in [0.25, 0.3) is 0 Å². The number of hydrogen-bond acceptors (Lipinski definition) is 2. The van der Waals surface area contributed by atoms with Gasteiger partial charge in [0.2, 0.25) is 0 Å². The van der Waals surface area contributed by atoms with Gasteiger partial charge in [0.25, 0.3) is 0 Å². The molecular weight excluding hydrogens is 312 g/mol. The number of para-hydroxylation sites is 2. The van der Waals surface area contributed by atoms with Gasteiger partial charge >= 0.3 is 9.28 Å². The van der Waals surface area contributed by atoms with Crippen molar-refractivity contribution in [2.75, 3.05) is 0 Å². The van der Waals surface area contributed by atoms with Gasteiger partial charge in [-0.1, -0.05) is 74.5 Å². The Bertz CT molecular complexity index is 716. The molecule has 3 heteroatoms. The maximum absolute atomic E-state index is 6.27. The zero-order chi connectivity index (χ0) is 16.8. The van der Waals surface area contributed by atoms with Crippen molar-refractivity contribution in [2.24, 2.45) is 0 Å². The van der Waals surface area contributed by atoms with Gasteiger partial charge in [-0.15, -0.1) is 0 Å². The van der Waals surface area contributed by atoms with Gasteiger partial charge in [0, 0.05) is 5.19 Å². The van der Waals surface area contributed by atoms with E-state index in [4.69, 9.17) is 8.85 Å². The molecule has 0 amide bonds. The molecule has 0 bridgehead atoms. The molecule has 0 aliphatic rings. The van der Waals surface area contributed by atoms with Crippen LogP contribution in [0.3, 0.4) is 0 Å². The zero-order valence-corrected chi connectivity index (χ0v) is 15.0. The minimum Gasteiger partial charge on any atom is -0.507 e. The summed E-state index contributed by atoms with van der Waals surface area (Å²) in [6.45, 7) is 4.40. The molecule has 3 aromatic rings. The van der Waals surface area contributed by atoms with E-state index in [-0.39, 0.29) is 0 Å². The van der Waals surface area contributed by atoms with Crippen LogP contribution in [0.2, 0.25) is 0 Å². The Morgan fingerprint density at radius 2 is 1.08 bits per heavy atom. The lowest BCUT2D eigenvalue weighted by Gasteiger charge is -2.20. The molecule has 3 rings (SSSR count). The highest BCUT2D eigenvalue weighted by Gasteiger charge is 2.28. The Morgan fingerprint density at radius 3 is 1.58 bits per heavy atom. The van der Waals surface area contributed by atoms with E-state index in [9.17, 15) is 0 Å². The van der Waals surface area contributed by atoms with Gasteiger partial charge in [0.1, 0.15) is 11.5 Å². The van der Waals surface area contributed by atoms with Gasteiger partial charge in [-0.25, -0.2) is 0 Å². The molecule has 24 heavy (non-hydrogen) atoms. The van der Waals surface area contributed by atoms with Crippen LogP contribution in [0, 0.1) is 0 Å². The number of benzene rings is 3. The third-order valence-corrected chi connectivity index (χ3v) is 5.45. The average molecular weight is 333 g/mol. The van der Waals surface area contributed by atoms with Gasteiger partial charge in [-0.3, -0.25) is 0 Å². The Hall–Kier alpha value is -2.52. The van der Waals surface area contributed by atoms with Gasteiger partial charge in [-0.05, 0) is 35.7 Å². The lowest BCUT2D eigenvalue weighted by molar-refractivity contribution is 0.438. The van der Waals surface area contributed by atoms with Crippen molar-refractivity contribution in [1.29, 1.82) is 0 Å². The van der Waals surface area contributed by atoms with Crippen molar-refractivity contribution in [1.82, 2.24) is 0 Å². The normalized spacial score (nSPS) is 10.8. The highest BCUT2D eigenvalue weighted by atomic mass is 28.3. The number of rotatable bonds is 6. The summed E-state index contributed by atoms with van der Waals surface area (Å²) in [5.74, 6) is 2.08. The van der Waals surface area contributed by atoms with E-state index in [1.807, 2.05) is 60.7 Å². The van der Waals surface area contributed by atoms with Crippen LogP contribution in [-0.2, 0) is 0 Å². The second-order valence-corrected chi connectivity index (χ2v) is 7.38. The van der Waals surface area contributed by atoms with E-state index < -0.39 is 9.28 Å². The first-order valence-electron chi connectivity index (χ1n) is 8.16. The Kier molecular flexibility index (Phi) is 5.34. The Balaban J connectivity index is 1.95. The molecule has 2 nitrogen and oxygen atoms in total. The Morgan fingerprint density at radius 1 is 0.625 bits per heavy atom. The summed E-state index contributed by atoms with van der Waals surface area (Å²) in [6.07, 6.45) is 0. The summed E-state index contributed by atoms with van der Waals surface area (Å²) in [4.78, 5) is 0. The molecule has 3 aromatic carbocycles. The first-order chi connectivity index (χ1) is 11.7. The van der Waals surface area contributed by atoms with Crippen molar-refractivity contribution in [2.45, 2.75) is 19.8 Å². The molecule has 0 N–H and O–H groups in total. The first-order valence-corrected chi connectivity index (χ1v) is 9.48. The van der Waals surface area contributed by atoms with E-state index in [0.29, 0.717) is 5.92 Å². The molecule has 0 aliphatic heterocycles. The van der Waals surface area contributed by atoms with Crippen LogP contribution in [0.4, 0.5) is 0 Å². The topological polar surface area (TPSA) is 18.5 Å². The van der Waals surface area contributed by atoms with Crippen LogP contribution in [0.1, 0.15) is 25.3 Å². The largest absolute Gasteiger partial charge is 0.572 e. The van der Waals surface area contributed by atoms with E-state index in [0.717, 1.165) is 16.7 Å². The lowest BCUT2D eigenvalue weighted by atomic mass is 10.0. The summed E-state index contributed by atoms with van der Waals surface area (Å²) in [5, 5.41) is 1.16. The fraction of sp³-hybridized carbons (Fsp3) is 0.143. The maximum atomic E-state index is 6.27. The van der Waals surface area contributed by atoms with Crippen molar-refractivity contribution in [3.63, 3.8) is 0 Å². The molecule has 0 unspecified atom stereocenters. The quantitative estimate of drug-likeness (QED) is 0.611. The first kappa shape index (κ1) is 16.3. The minimum atomic E-state index is -1.70. The molecule has 0 aromatic heterocycles. The molecule has 1 radical (unpaired) electrons. The van der Waals surface area contributed by atoms with Crippen LogP contribution in [-0.4, -0.2) is 9.28 Å². The predicted molar refractivity (Wildman–Crippen MR) is 100 cm³/mol. The summed E-state index contributed by atoms with van der Waals surface area (Å²) in [6, 6.07) is 28.2. The summed E-state index contributed by atoms with van der Waals surface area (Å²) in [7, 11) is -1.70. The van der Waals surface area contributed by atoms with E-state index in [2.05, 4.69) is 38.1 Å². The van der Waals surface area contributed by atoms with Crippen LogP contribution in [0.5, 0.6) is 11.5 Å². The maximum Gasteiger partial charge on any atom is 0.572 e. The van der Waals surface area contributed by atoms with Crippen LogP contribution < -0.4 is 14.0 Å². The van der Waals surface area contributed by atoms with E-state index in [1.165, 1.54) is 5.56 Å². The molecule has 0 saturated heterocycles. The van der Waals surface area contributed by atoms with Crippen molar-refractivity contribution >= 4 is 14.5 Å². The van der Waals surface area contributed by atoms with Crippen molar-refractivity contribution < 1.29 is 8.85 Å². The third kappa shape index (κ3) is 4.06. The highest BCUT2D eigenvalue weighted by Crippen LogP contribution is 2.18. The molecule has 0 fully saturated rings. The summed E-state index contributed by atoms with van der Waals surface area (Å²) in [5.41, 5.74) is 1.28. The standard InChI is InChI=1S/C21H21O2Si/c1-17(2)20-15-9-10-16-21(20)24(22-18-11-5-3-6-12-18)23-19-13-7-4-8-14-19/h3-17H,1-2H3. The second kappa shape index (κ2) is 7.84. The van der Waals surface area contributed by atoms with Crippen LogP contribution in [0.15, 0.2) is 84.9 Å². The zero-order valence-electron chi connectivity index (χ0n) is 14.0. The Labute approximate surface area is 145 Å². The monoisotopic (exact) mass is 333 g/mol. The van der Waals surface area contributed by atoms with E-state index in [1.54, 1.807) is 0 Å². The molecular formula is C21H21O2Si. The van der Waals surface area contributed by atoms with Crippen LogP contribution >= 0.6 is 0 Å². The predicted octanol–water partition coefficient (Wildman–Crippen LogP) is 4.66. The van der Waals surface area contributed by atoms with Crippen molar-refractivity contribution in [3.8, 4) is 11.5 Å². The molecule has 0 heterocycles. The van der Waals surface area contributed by atoms with Gasteiger partial charge in [0.15, 0.2) is 0 Å². The van der Waals surface area contributed by atoms with Gasteiger partial charge in [-0.2, -0.15) is 0 Å². The third-order valence-electron chi connectivity index (χ3n) is 3.71. The fourth-order valence-corrected chi connectivity index (χ4v) is 4.31. The average Bonchev–Trinajstić information content (AvgIpc) is 2.63. The molecule has 0 spiro atoms. The van der Waals surface area contributed by atoms with Crippen molar-refractivity contribution in [3.05, 3.63) is 90.5 Å². The second-order valence-electron chi connectivity index (χ2n) is 5.86. The number of hydrogen-bond donors (Lipinski definition) is 0. The fourth-order valence-electron chi connectivity index (χ4n) is 2.51.